The van der Waals surface area contributed by atoms with Gasteiger partial charge in [0.15, 0.2) is 23.0 Å². The zero-order valence-corrected chi connectivity index (χ0v) is 23.8. The van der Waals surface area contributed by atoms with E-state index in [1.54, 1.807) is 18.2 Å². The first-order chi connectivity index (χ1) is 19.4. The molecule has 5 N–H and O–H groups in total. The molecule has 4 atom stereocenters. The Morgan fingerprint density at radius 1 is 0.900 bits per heavy atom. The quantitative estimate of drug-likeness (QED) is 0.177. The molecule has 2 aromatic rings. The number of rotatable bonds is 17. The Balaban J connectivity index is 1.53. The molecule has 1 aliphatic carbocycles. The number of phenolic OH excluding ortho intramolecular Hbond substituents is 2. The van der Waals surface area contributed by atoms with Crippen molar-refractivity contribution in [3.05, 3.63) is 41.5 Å². The lowest BCUT2D eigenvalue weighted by molar-refractivity contribution is -0.0690. The normalized spacial score (nSPS) is 18.7. The van der Waals surface area contributed by atoms with Crippen molar-refractivity contribution in [1.29, 1.82) is 0 Å². The SMILES string of the molecule is COc1cc(CC[C@H](O)C[C@H](CCc2ccc(O)c(O[C@@H]3CCC[C@H](CCCO)C3)c2)OCO)cc(OC)c1O. The van der Waals surface area contributed by atoms with Crippen molar-refractivity contribution < 1.29 is 44.5 Å². The van der Waals surface area contributed by atoms with Gasteiger partial charge in [0.05, 0.1) is 32.5 Å². The van der Waals surface area contributed by atoms with Crippen LogP contribution in [-0.4, -0.2) is 71.5 Å². The Bertz CT molecular complexity index is 1000. The summed E-state index contributed by atoms with van der Waals surface area (Å²) in [4.78, 5) is 0. The van der Waals surface area contributed by atoms with Crippen LogP contribution in [0.25, 0.3) is 0 Å². The molecule has 3 rings (SSSR count). The smallest absolute Gasteiger partial charge is 0.200 e. The van der Waals surface area contributed by atoms with Crippen molar-refractivity contribution >= 4 is 0 Å². The summed E-state index contributed by atoms with van der Waals surface area (Å²) in [5, 5.41) is 49.8. The largest absolute Gasteiger partial charge is 0.504 e. The van der Waals surface area contributed by atoms with Gasteiger partial charge in [-0.05, 0) is 106 Å². The molecular weight excluding hydrogens is 516 g/mol. The van der Waals surface area contributed by atoms with Gasteiger partial charge < -0.3 is 44.5 Å². The number of aromatic hydroxyl groups is 2. The van der Waals surface area contributed by atoms with Crippen LogP contribution in [-0.2, 0) is 17.6 Å². The molecule has 1 fully saturated rings. The number of ether oxygens (including phenoxy) is 4. The summed E-state index contributed by atoms with van der Waals surface area (Å²) in [5.74, 6) is 1.69. The molecule has 40 heavy (non-hydrogen) atoms. The Morgan fingerprint density at radius 3 is 2.27 bits per heavy atom. The lowest BCUT2D eigenvalue weighted by Crippen LogP contribution is -2.25. The standard InChI is InChI=1S/C31H46O9/c1-37-29-17-23(18-30(38-2)31(29)36)8-11-24(34)19-25(39-20-33)12-9-22-10-13-27(35)28(16-22)40-26-7-3-5-21(15-26)6-4-14-32/h10,13,16-18,21,24-26,32-36H,3-9,11-12,14-15,19-20H2,1-2H3/t21-,24+,25+,26-/m1/s1. The number of hydrogen-bond donors (Lipinski definition) is 5. The maximum absolute atomic E-state index is 10.7. The van der Waals surface area contributed by atoms with Gasteiger partial charge in [-0.1, -0.05) is 12.5 Å². The van der Waals surface area contributed by atoms with E-state index in [4.69, 9.17) is 24.1 Å². The number of aliphatic hydroxyl groups excluding tert-OH is 3. The summed E-state index contributed by atoms with van der Waals surface area (Å²) >= 11 is 0. The maximum atomic E-state index is 10.7. The summed E-state index contributed by atoms with van der Waals surface area (Å²) < 4.78 is 22.1. The molecule has 0 spiro atoms. The van der Waals surface area contributed by atoms with Gasteiger partial charge in [0.25, 0.3) is 0 Å². The van der Waals surface area contributed by atoms with E-state index < -0.39 is 12.9 Å². The minimum Gasteiger partial charge on any atom is -0.504 e. The Labute approximate surface area is 237 Å². The minimum absolute atomic E-state index is 0.0488. The van der Waals surface area contributed by atoms with Crippen LogP contribution in [0.3, 0.4) is 0 Å². The lowest BCUT2D eigenvalue weighted by atomic mass is 9.84. The van der Waals surface area contributed by atoms with Crippen molar-refractivity contribution in [3.8, 4) is 28.7 Å². The third-order valence-corrected chi connectivity index (χ3v) is 7.73. The van der Waals surface area contributed by atoms with Gasteiger partial charge in [0, 0.05) is 6.61 Å². The van der Waals surface area contributed by atoms with E-state index in [9.17, 15) is 20.4 Å². The highest BCUT2D eigenvalue weighted by molar-refractivity contribution is 5.52. The first-order valence-electron chi connectivity index (χ1n) is 14.3. The van der Waals surface area contributed by atoms with E-state index in [1.165, 1.54) is 14.2 Å². The van der Waals surface area contributed by atoms with Crippen molar-refractivity contribution in [3.63, 3.8) is 0 Å². The van der Waals surface area contributed by atoms with Crippen LogP contribution in [0.5, 0.6) is 28.7 Å². The summed E-state index contributed by atoms with van der Waals surface area (Å²) in [6.07, 6.45) is 7.52. The Hall–Kier alpha value is -2.72. The molecule has 0 aromatic heterocycles. The molecule has 0 radical (unpaired) electrons. The lowest BCUT2D eigenvalue weighted by Gasteiger charge is -2.30. The molecule has 0 aliphatic heterocycles. The zero-order chi connectivity index (χ0) is 28.9. The summed E-state index contributed by atoms with van der Waals surface area (Å²) in [6, 6.07) is 8.81. The topological polar surface area (TPSA) is 138 Å². The van der Waals surface area contributed by atoms with Gasteiger partial charge in [-0.2, -0.15) is 0 Å². The molecule has 0 unspecified atom stereocenters. The molecule has 0 bridgehead atoms. The fourth-order valence-corrected chi connectivity index (χ4v) is 5.53. The minimum atomic E-state index is -0.661. The van der Waals surface area contributed by atoms with Gasteiger partial charge in [0.2, 0.25) is 5.75 Å². The third-order valence-electron chi connectivity index (χ3n) is 7.73. The van der Waals surface area contributed by atoms with Gasteiger partial charge in [-0.15, -0.1) is 0 Å². The van der Waals surface area contributed by atoms with Crippen LogP contribution in [0.2, 0.25) is 0 Å². The first-order valence-corrected chi connectivity index (χ1v) is 14.3. The molecule has 2 aromatic carbocycles. The monoisotopic (exact) mass is 562 g/mol. The predicted octanol–water partition coefficient (Wildman–Crippen LogP) is 4.48. The van der Waals surface area contributed by atoms with E-state index >= 15 is 0 Å². The highest BCUT2D eigenvalue weighted by Gasteiger charge is 2.24. The van der Waals surface area contributed by atoms with E-state index in [0.717, 1.165) is 49.7 Å². The fourth-order valence-electron chi connectivity index (χ4n) is 5.53. The van der Waals surface area contributed by atoms with Crippen LogP contribution in [0.1, 0.15) is 68.9 Å². The zero-order valence-electron chi connectivity index (χ0n) is 23.8. The maximum Gasteiger partial charge on any atom is 0.200 e. The highest BCUT2D eigenvalue weighted by atomic mass is 16.6. The van der Waals surface area contributed by atoms with Crippen molar-refractivity contribution in [1.82, 2.24) is 0 Å². The second-order valence-corrected chi connectivity index (χ2v) is 10.7. The Morgan fingerprint density at radius 2 is 1.60 bits per heavy atom. The van der Waals surface area contributed by atoms with Crippen molar-refractivity contribution in [2.24, 2.45) is 5.92 Å². The number of phenols is 2. The molecule has 0 amide bonds. The van der Waals surface area contributed by atoms with Crippen LogP contribution in [0.15, 0.2) is 30.3 Å². The molecule has 9 heteroatoms. The van der Waals surface area contributed by atoms with Gasteiger partial charge in [0.1, 0.15) is 6.79 Å². The molecule has 9 nitrogen and oxygen atoms in total. The van der Waals surface area contributed by atoms with Crippen LogP contribution >= 0.6 is 0 Å². The fraction of sp³-hybridized carbons (Fsp3) is 0.613. The number of methoxy groups -OCH3 is 2. The van der Waals surface area contributed by atoms with E-state index in [2.05, 4.69) is 0 Å². The van der Waals surface area contributed by atoms with Crippen molar-refractivity contribution in [2.45, 2.75) is 88.9 Å². The highest BCUT2D eigenvalue weighted by Crippen LogP contribution is 2.38. The summed E-state index contributed by atoms with van der Waals surface area (Å²) in [6.45, 7) is -0.224. The molecule has 1 aliphatic rings. The van der Waals surface area contributed by atoms with Gasteiger partial charge in [-0.3, -0.25) is 0 Å². The number of aryl methyl sites for hydroxylation is 2. The van der Waals surface area contributed by atoms with Gasteiger partial charge >= 0.3 is 0 Å². The summed E-state index contributed by atoms with van der Waals surface area (Å²) in [7, 11) is 2.94. The van der Waals surface area contributed by atoms with Crippen LogP contribution in [0, 0.1) is 5.92 Å². The van der Waals surface area contributed by atoms with Crippen LogP contribution < -0.4 is 14.2 Å². The first kappa shape index (κ1) is 31.8. The number of hydrogen-bond acceptors (Lipinski definition) is 9. The molecular formula is C31H46O9. The average molecular weight is 563 g/mol. The second-order valence-electron chi connectivity index (χ2n) is 10.7. The average Bonchev–Trinajstić information content (AvgIpc) is 2.96. The predicted molar refractivity (Wildman–Crippen MR) is 151 cm³/mol. The van der Waals surface area contributed by atoms with Crippen LogP contribution in [0.4, 0.5) is 0 Å². The number of benzene rings is 2. The molecule has 0 saturated heterocycles. The van der Waals surface area contributed by atoms with Gasteiger partial charge in [-0.25, -0.2) is 0 Å². The number of aliphatic hydroxyl groups is 3. The molecule has 224 valence electrons. The molecule has 1 saturated carbocycles. The Kier molecular flexibility index (Phi) is 13.1. The van der Waals surface area contributed by atoms with E-state index in [0.29, 0.717) is 55.3 Å². The molecule has 0 heterocycles. The second kappa shape index (κ2) is 16.5. The van der Waals surface area contributed by atoms with E-state index in [1.807, 2.05) is 12.1 Å². The van der Waals surface area contributed by atoms with Crippen molar-refractivity contribution in [2.75, 3.05) is 27.6 Å². The van der Waals surface area contributed by atoms with E-state index in [-0.39, 0.29) is 30.3 Å². The third kappa shape index (κ3) is 9.73. The summed E-state index contributed by atoms with van der Waals surface area (Å²) in [5.41, 5.74) is 1.84.